The van der Waals surface area contributed by atoms with Gasteiger partial charge in [-0.15, -0.1) is 0 Å². The van der Waals surface area contributed by atoms with E-state index in [1.807, 2.05) is 24.3 Å². The Morgan fingerprint density at radius 1 is 1.44 bits per heavy atom. The Bertz CT molecular complexity index is 407. The van der Waals surface area contributed by atoms with Crippen LogP contribution in [-0.4, -0.2) is 25.0 Å². The quantitative estimate of drug-likeness (QED) is 0.358. The fourth-order valence-corrected chi connectivity index (χ4v) is 1.31. The number of hydrazone groups is 1. The Hall–Kier alpha value is -1.62. The molecule has 0 aliphatic heterocycles. The van der Waals surface area contributed by atoms with Crippen LogP contribution < -0.4 is 15.5 Å². The summed E-state index contributed by atoms with van der Waals surface area (Å²) in [5, 5.41) is 7.31. The maximum atomic E-state index is 5.69. The summed E-state index contributed by atoms with van der Waals surface area (Å²) in [6, 6.07) is 7.79. The molecule has 0 aromatic heterocycles. The first-order chi connectivity index (χ1) is 8.77. The van der Waals surface area contributed by atoms with Gasteiger partial charge in [0.15, 0.2) is 5.11 Å². The number of nitrogens with zero attached hydrogens (tertiary/aromatic N) is 1. The fourth-order valence-electron chi connectivity index (χ4n) is 1.26. The first-order valence-corrected chi connectivity index (χ1v) is 6.41. The number of nitrogens with one attached hydrogen (secondary N) is 2. The molecule has 0 spiro atoms. The van der Waals surface area contributed by atoms with Gasteiger partial charge in [-0.25, -0.2) is 0 Å². The van der Waals surface area contributed by atoms with Crippen LogP contribution in [0.25, 0.3) is 0 Å². The maximum absolute atomic E-state index is 5.69. The van der Waals surface area contributed by atoms with E-state index in [4.69, 9.17) is 17.0 Å². The SMILES string of the molecule is CCCCOc1ccccc1/C=N\NC(=S)NC. The van der Waals surface area contributed by atoms with Gasteiger partial charge in [0.05, 0.1) is 12.8 Å². The monoisotopic (exact) mass is 265 g/mol. The van der Waals surface area contributed by atoms with Crippen molar-refractivity contribution in [3.05, 3.63) is 29.8 Å². The third-order valence-corrected chi connectivity index (χ3v) is 2.57. The van der Waals surface area contributed by atoms with Gasteiger partial charge in [0.1, 0.15) is 5.75 Å². The summed E-state index contributed by atoms with van der Waals surface area (Å²) in [7, 11) is 1.74. The number of rotatable bonds is 6. The molecule has 0 fully saturated rings. The predicted molar refractivity (Wildman–Crippen MR) is 79.2 cm³/mol. The van der Waals surface area contributed by atoms with Crippen molar-refractivity contribution in [1.29, 1.82) is 0 Å². The largest absolute Gasteiger partial charge is 0.493 e. The zero-order valence-electron chi connectivity index (χ0n) is 10.8. The van der Waals surface area contributed by atoms with Crippen LogP contribution in [0.2, 0.25) is 0 Å². The zero-order valence-corrected chi connectivity index (χ0v) is 11.6. The molecule has 0 bridgehead atoms. The van der Waals surface area contributed by atoms with E-state index < -0.39 is 0 Å². The van der Waals surface area contributed by atoms with Crippen molar-refractivity contribution in [3.8, 4) is 5.75 Å². The summed E-state index contributed by atoms with van der Waals surface area (Å²) in [5.74, 6) is 0.840. The van der Waals surface area contributed by atoms with Crippen molar-refractivity contribution < 1.29 is 4.74 Å². The van der Waals surface area contributed by atoms with Crippen LogP contribution in [0.3, 0.4) is 0 Å². The fraction of sp³-hybridized carbons (Fsp3) is 0.385. The molecule has 0 aliphatic rings. The van der Waals surface area contributed by atoms with Crippen LogP contribution in [-0.2, 0) is 0 Å². The molecule has 5 heteroatoms. The third-order valence-electron chi connectivity index (χ3n) is 2.27. The highest BCUT2D eigenvalue weighted by Gasteiger charge is 1.99. The number of hydrogen-bond acceptors (Lipinski definition) is 3. The molecule has 0 unspecified atom stereocenters. The lowest BCUT2D eigenvalue weighted by Crippen LogP contribution is -2.28. The smallest absolute Gasteiger partial charge is 0.186 e. The zero-order chi connectivity index (χ0) is 13.2. The van der Waals surface area contributed by atoms with Crippen LogP contribution in [0.1, 0.15) is 25.3 Å². The minimum absolute atomic E-state index is 0.482. The van der Waals surface area contributed by atoms with E-state index in [0.717, 1.165) is 30.8 Å². The van der Waals surface area contributed by atoms with Crippen molar-refractivity contribution in [2.75, 3.05) is 13.7 Å². The molecule has 0 heterocycles. The van der Waals surface area contributed by atoms with Crippen LogP contribution in [0, 0.1) is 0 Å². The molecule has 0 amide bonds. The van der Waals surface area contributed by atoms with E-state index in [1.54, 1.807) is 13.3 Å². The number of hydrogen-bond donors (Lipinski definition) is 2. The number of benzene rings is 1. The van der Waals surface area contributed by atoms with E-state index in [0.29, 0.717) is 5.11 Å². The standard InChI is InChI=1S/C13H19N3OS/c1-3-4-9-17-12-8-6-5-7-11(12)10-15-16-13(18)14-2/h5-8,10H,3-4,9H2,1-2H3,(H2,14,16,18)/b15-10-. The lowest BCUT2D eigenvalue weighted by atomic mass is 10.2. The van der Waals surface area contributed by atoms with Crippen molar-refractivity contribution in [1.82, 2.24) is 10.7 Å². The van der Waals surface area contributed by atoms with Gasteiger partial charge < -0.3 is 10.1 Å². The van der Waals surface area contributed by atoms with E-state index >= 15 is 0 Å². The van der Waals surface area contributed by atoms with Crippen molar-refractivity contribution in [3.63, 3.8) is 0 Å². The van der Waals surface area contributed by atoms with Gasteiger partial charge in [-0.2, -0.15) is 5.10 Å². The topological polar surface area (TPSA) is 45.6 Å². The van der Waals surface area contributed by atoms with Crippen molar-refractivity contribution in [2.45, 2.75) is 19.8 Å². The summed E-state index contributed by atoms with van der Waals surface area (Å²) in [4.78, 5) is 0. The Morgan fingerprint density at radius 2 is 2.22 bits per heavy atom. The number of thiocarbonyl (C=S) groups is 1. The van der Waals surface area contributed by atoms with E-state index in [-0.39, 0.29) is 0 Å². The predicted octanol–water partition coefficient (Wildman–Crippen LogP) is 2.29. The molecule has 0 atom stereocenters. The van der Waals surface area contributed by atoms with Gasteiger partial charge in [0.2, 0.25) is 0 Å². The molecule has 18 heavy (non-hydrogen) atoms. The van der Waals surface area contributed by atoms with Gasteiger partial charge in [-0.3, -0.25) is 5.43 Å². The van der Waals surface area contributed by atoms with Crippen LogP contribution in [0.5, 0.6) is 5.75 Å². The van der Waals surface area contributed by atoms with Crippen molar-refractivity contribution in [2.24, 2.45) is 5.10 Å². The van der Waals surface area contributed by atoms with Crippen LogP contribution >= 0.6 is 12.2 Å². The summed E-state index contributed by atoms with van der Waals surface area (Å²) in [6.45, 7) is 2.86. The molecular formula is C13H19N3OS. The molecule has 2 N–H and O–H groups in total. The Morgan fingerprint density at radius 3 is 2.94 bits per heavy atom. The Labute approximate surface area is 113 Å². The molecule has 0 saturated heterocycles. The first kappa shape index (κ1) is 14.4. The third kappa shape index (κ3) is 5.14. The lowest BCUT2D eigenvalue weighted by molar-refractivity contribution is 0.309. The minimum Gasteiger partial charge on any atom is -0.493 e. The van der Waals surface area contributed by atoms with Gasteiger partial charge in [0, 0.05) is 12.6 Å². The average molecular weight is 265 g/mol. The Kier molecular flexibility index (Phi) is 6.79. The average Bonchev–Trinajstić information content (AvgIpc) is 2.40. The lowest BCUT2D eigenvalue weighted by Gasteiger charge is -2.08. The maximum Gasteiger partial charge on any atom is 0.186 e. The molecule has 0 saturated carbocycles. The second-order valence-corrected chi connectivity index (χ2v) is 4.10. The number of unbranched alkanes of at least 4 members (excludes halogenated alkanes) is 1. The van der Waals surface area contributed by atoms with Gasteiger partial charge in [-0.1, -0.05) is 25.5 Å². The first-order valence-electron chi connectivity index (χ1n) is 6.00. The Balaban J connectivity index is 2.60. The molecule has 4 nitrogen and oxygen atoms in total. The molecule has 1 aromatic carbocycles. The van der Waals surface area contributed by atoms with E-state index in [9.17, 15) is 0 Å². The highest BCUT2D eigenvalue weighted by molar-refractivity contribution is 7.80. The number of para-hydroxylation sites is 1. The summed E-state index contributed by atoms with van der Waals surface area (Å²) >= 11 is 4.92. The van der Waals surface area contributed by atoms with Crippen molar-refractivity contribution >= 4 is 23.5 Å². The number of ether oxygens (including phenoxy) is 1. The normalized spacial score (nSPS) is 10.3. The molecular weight excluding hydrogens is 246 g/mol. The summed E-state index contributed by atoms with van der Waals surface area (Å²) in [6.07, 6.45) is 3.87. The molecule has 0 radical (unpaired) electrons. The second-order valence-electron chi connectivity index (χ2n) is 3.69. The molecule has 1 aromatic rings. The minimum atomic E-state index is 0.482. The molecule has 1 rings (SSSR count). The van der Waals surface area contributed by atoms with Gasteiger partial charge in [0.25, 0.3) is 0 Å². The molecule has 98 valence electrons. The van der Waals surface area contributed by atoms with Gasteiger partial charge >= 0.3 is 0 Å². The highest BCUT2D eigenvalue weighted by Crippen LogP contribution is 2.16. The molecule has 0 aliphatic carbocycles. The summed E-state index contributed by atoms with van der Waals surface area (Å²) < 4.78 is 5.69. The summed E-state index contributed by atoms with van der Waals surface area (Å²) in [5.41, 5.74) is 3.64. The van der Waals surface area contributed by atoms with Crippen LogP contribution in [0.4, 0.5) is 0 Å². The van der Waals surface area contributed by atoms with Crippen LogP contribution in [0.15, 0.2) is 29.4 Å². The highest BCUT2D eigenvalue weighted by atomic mass is 32.1. The van der Waals surface area contributed by atoms with E-state index in [2.05, 4.69) is 22.8 Å². The van der Waals surface area contributed by atoms with Gasteiger partial charge in [-0.05, 0) is 30.8 Å². The second kappa shape index (κ2) is 8.47. The van der Waals surface area contributed by atoms with E-state index in [1.165, 1.54) is 0 Å².